The molecule has 0 N–H and O–H groups in total. The molecule has 0 atom stereocenters. The first-order valence-corrected chi connectivity index (χ1v) is 9.60. The van der Waals surface area contributed by atoms with Gasteiger partial charge in [0.15, 0.2) is 0 Å². The zero-order valence-corrected chi connectivity index (χ0v) is 17.7. The summed E-state index contributed by atoms with van der Waals surface area (Å²) < 4.78 is 79.1. The van der Waals surface area contributed by atoms with Crippen LogP contribution in [0.5, 0.6) is 0 Å². The van der Waals surface area contributed by atoms with Gasteiger partial charge in [-0.2, -0.15) is 41.9 Å². The first kappa shape index (κ1) is 26.1. The second-order valence-corrected chi connectivity index (χ2v) is 6.64. The normalized spacial score (nSPS) is 11.7. The summed E-state index contributed by atoms with van der Waals surface area (Å²) in [7, 11) is 0. The Morgan fingerprint density at radius 2 is 1.38 bits per heavy atom. The Bertz CT molecular complexity index is 1170. The highest BCUT2D eigenvalue weighted by molar-refractivity contribution is 5.92. The van der Waals surface area contributed by atoms with Crippen molar-refractivity contribution in [2.75, 3.05) is 18.1 Å². The van der Waals surface area contributed by atoms with Crippen molar-refractivity contribution in [3.05, 3.63) is 58.7 Å². The molecule has 0 saturated heterocycles. The largest absolute Gasteiger partial charge is 0.416 e. The minimum atomic E-state index is -4.82. The number of anilines is 1. The highest BCUT2D eigenvalue weighted by Crippen LogP contribution is 2.36. The molecule has 2 rings (SSSR count). The molecule has 2 aromatic rings. The molecule has 178 valence electrons. The van der Waals surface area contributed by atoms with Crippen molar-refractivity contribution in [3.8, 4) is 12.1 Å². The van der Waals surface area contributed by atoms with Crippen LogP contribution in [-0.2, 0) is 12.4 Å². The molecule has 0 radical (unpaired) electrons. The zero-order valence-electron chi connectivity index (χ0n) is 17.7. The second-order valence-electron chi connectivity index (χ2n) is 6.64. The summed E-state index contributed by atoms with van der Waals surface area (Å²) >= 11 is 0. The molecule has 0 aliphatic carbocycles. The number of hydrogen-bond acceptors (Lipinski definition) is 5. The van der Waals surface area contributed by atoms with Gasteiger partial charge in [0.05, 0.1) is 27.9 Å². The van der Waals surface area contributed by atoms with Gasteiger partial charge < -0.3 is 4.90 Å². The number of carbonyl (C=O) groups is 1. The van der Waals surface area contributed by atoms with Gasteiger partial charge in [-0.15, -0.1) is 5.11 Å². The van der Waals surface area contributed by atoms with Gasteiger partial charge in [-0.3, -0.25) is 0 Å². The number of alkyl halides is 6. The van der Waals surface area contributed by atoms with Gasteiger partial charge in [0.1, 0.15) is 17.8 Å². The number of rotatable bonds is 5. The van der Waals surface area contributed by atoms with Crippen molar-refractivity contribution >= 4 is 17.4 Å². The molecule has 0 aliphatic rings. The van der Waals surface area contributed by atoms with E-state index in [9.17, 15) is 41.7 Å². The standard InChI is InChI=1S/C21H16F6N6O/c1-3-32(4-2)19(34)33(18-10-16(21(25,26)27)8-6-14(18)12-29)31-30-17-9-15(20(22,23)24)7-5-13(17)11-28/h5-10H,3-4H2,1-2H3. The van der Waals surface area contributed by atoms with Crippen molar-refractivity contribution < 1.29 is 31.1 Å². The van der Waals surface area contributed by atoms with E-state index < -0.39 is 40.9 Å². The minimum absolute atomic E-state index is 0.106. The molecule has 0 unspecified atom stereocenters. The number of nitrogens with zero attached hydrogens (tertiary/aromatic N) is 6. The average Bonchev–Trinajstić information content (AvgIpc) is 2.78. The summed E-state index contributed by atoms with van der Waals surface area (Å²) in [5.41, 5.74) is -4.18. The predicted molar refractivity (Wildman–Crippen MR) is 108 cm³/mol. The number of nitriles is 2. The number of urea groups is 1. The van der Waals surface area contributed by atoms with E-state index in [4.69, 9.17) is 0 Å². The van der Waals surface area contributed by atoms with Crippen molar-refractivity contribution in [1.82, 2.24) is 4.90 Å². The molecule has 0 saturated carbocycles. The SMILES string of the molecule is CCN(CC)C(=O)N(N=Nc1cc(C(F)(F)F)ccc1C#N)c1cc(C(F)(F)F)ccc1C#N. The molecular formula is C21H16F6N6O. The Morgan fingerprint density at radius 3 is 1.85 bits per heavy atom. The maximum absolute atomic E-state index is 13.3. The maximum atomic E-state index is 13.3. The van der Waals surface area contributed by atoms with Crippen molar-refractivity contribution in [2.45, 2.75) is 26.2 Å². The molecule has 0 bridgehead atoms. The van der Waals surface area contributed by atoms with Crippen LogP contribution in [0, 0.1) is 22.7 Å². The van der Waals surface area contributed by atoms with Gasteiger partial charge in [0.2, 0.25) is 0 Å². The Morgan fingerprint density at radius 1 is 0.882 bits per heavy atom. The fraction of sp³-hybridized carbons (Fsp3) is 0.286. The summed E-state index contributed by atoms with van der Waals surface area (Å²) in [6.45, 7) is 3.37. The third-order valence-corrected chi connectivity index (χ3v) is 4.58. The minimum Gasteiger partial charge on any atom is -0.323 e. The maximum Gasteiger partial charge on any atom is 0.416 e. The lowest BCUT2D eigenvalue weighted by molar-refractivity contribution is -0.138. The van der Waals surface area contributed by atoms with Gasteiger partial charge in [0.25, 0.3) is 0 Å². The van der Waals surface area contributed by atoms with Crippen LogP contribution in [0.15, 0.2) is 46.7 Å². The molecule has 34 heavy (non-hydrogen) atoms. The van der Waals surface area contributed by atoms with Crippen LogP contribution in [0.4, 0.5) is 42.5 Å². The van der Waals surface area contributed by atoms with E-state index in [0.29, 0.717) is 29.3 Å². The summed E-state index contributed by atoms with van der Waals surface area (Å²) in [6, 6.07) is 6.30. The zero-order chi connectivity index (χ0) is 25.7. The Hall–Kier alpha value is -4.13. The number of halogens is 6. The van der Waals surface area contributed by atoms with E-state index in [0.717, 1.165) is 17.0 Å². The van der Waals surface area contributed by atoms with Crippen LogP contribution in [0.25, 0.3) is 0 Å². The molecule has 2 amide bonds. The molecule has 0 spiro atoms. The number of hydrogen-bond donors (Lipinski definition) is 0. The van der Waals surface area contributed by atoms with E-state index >= 15 is 0 Å². The van der Waals surface area contributed by atoms with Crippen LogP contribution in [0.3, 0.4) is 0 Å². The van der Waals surface area contributed by atoms with Gasteiger partial charge in [-0.25, -0.2) is 4.79 Å². The summed E-state index contributed by atoms with van der Waals surface area (Å²) in [6.07, 6.45) is -9.59. The molecule has 0 heterocycles. The third-order valence-electron chi connectivity index (χ3n) is 4.58. The van der Waals surface area contributed by atoms with Crippen LogP contribution in [0.1, 0.15) is 36.1 Å². The number of amides is 2. The fourth-order valence-electron chi connectivity index (χ4n) is 2.77. The first-order valence-electron chi connectivity index (χ1n) is 9.60. The molecular weight excluding hydrogens is 466 g/mol. The lowest BCUT2D eigenvalue weighted by atomic mass is 10.1. The van der Waals surface area contributed by atoms with E-state index in [1.165, 1.54) is 0 Å². The highest BCUT2D eigenvalue weighted by Gasteiger charge is 2.34. The lowest BCUT2D eigenvalue weighted by Gasteiger charge is -2.25. The Kier molecular flexibility index (Phi) is 7.84. The third kappa shape index (κ3) is 5.81. The van der Waals surface area contributed by atoms with Gasteiger partial charge >= 0.3 is 18.4 Å². The van der Waals surface area contributed by atoms with Crippen LogP contribution in [0.2, 0.25) is 0 Å². The van der Waals surface area contributed by atoms with Crippen molar-refractivity contribution in [2.24, 2.45) is 10.3 Å². The fourth-order valence-corrected chi connectivity index (χ4v) is 2.77. The van der Waals surface area contributed by atoms with Crippen molar-refractivity contribution in [1.29, 1.82) is 10.5 Å². The molecule has 0 aliphatic heterocycles. The van der Waals surface area contributed by atoms with Gasteiger partial charge in [-0.1, -0.05) is 5.22 Å². The topological polar surface area (TPSA) is 95.8 Å². The van der Waals surface area contributed by atoms with Gasteiger partial charge in [-0.05, 0) is 50.2 Å². The summed E-state index contributed by atoms with van der Waals surface area (Å²) in [5.74, 6) is 0. The monoisotopic (exact) mass is 482 g/mol. The van der Waals surface area contributed by atoms with Crippen LogP contribution >= 0.6 is 0 Å². The van der Waals surface area contributed by atoms with Crippen LogP contribution < -0.4 is 5.01 Å². The summed E-state index contributed by atoms with van der Waals surface area (Å²) in [4.78, 5) is 14.2. The van der Waals surface area contributed by atoms with E-state index in [-0.39, 0.29) is 24.2 Å². The first-order chi connectivity index (χ1) is 15.9. The van der Waals surface area contributed by atoms with Gasteiger partial charge in [0, 0.05) is 13.1 Å². The highest BCUT2D eigenvalue weighted by atomic mass is 19.4. The molecule has 0 fully saturated rings. The number of benzene rings is 2. The number of carbonyl (C=O) groups excluding carboxylic acids is 1. The van der Waals surface area contributed by atoms with E-state index in [1.54, 1.807) is 26.0 Å². The Balaban J connectivity index is 2.73. The Labute approximate surface area is 190 Å². The van der Waals surface area contributed by atoms with Crippen molar-refractivity contribution in [3.63, 3.8) is 0 Å². The predicted octanol–water partition coefficient (Wildman–Crippen LogP) is 6.43. The molecule has 7 nitrogen and oxygen atoms in total. The van der Waals surface area contributed by atoms with Crippen LogP contribution in [-0.4, -0.2) is 24.0 Å². The summed E-state index contributed by atoms with van der Waals surface area (Å²) in [5, 5.41) is 26.1. The lowest BCUT2D eigenvalue weighted by Crippen LogP contribution is -2.40. The average molecular weight is 482 g/mol. The van der Waals surface area contributed by atoms with E-state index in [1.807, 2.05) is 0 Å². The van der Waals surface area contributed by atoms with E-state index in [2.05, 4.69) is 10.3 Å². The molecule has 2 aromatic carbocycles. The second kappa shape index (κ2) is 10.2. The molecule has 13 heteroatoms. The quantitative estimate of drug-likeness (QED) is 0.279. The smallest absolute Gasteiger partial charge is 0.323 e. The molecule has 0 aromatic heterocycles.